The molecule has 0 N–H and O–H groups in total. The molecule has 35 heavy (non-hydrogen) atoms. The minimum atomic E-state index is -4.74. The van der Waals surface area contributed by atoms with Gasteiger partial charge in [-0.15, -0.1) is 23.8 Å². The van der Waals surface area contributed by atoms with Crippen LogP contribution in [0.15, 0.2) is 53.8 Å². The van der Waals surface area contributed by atoms with Crippen molar-refractivity contribution in [2.75, 3.05) is 11.7 Å². The molecule has 0 amide bonds. The summed E-state index contributed by atoms with van der Waals surface area (Å²) in [6.07, 6.45) is -2.94. The minimum Gasteiger partial charge on any atom is -0.452 e. The fourth-order valence-corrected chi connectivity index (χ4v) is 3.66. The van der Waals surface area contributed by atoms with Crippen LogP contribution in [0, 0.1) is 18.4 Å². The van der Waals surface area contributed by atoms with Crippen LogP contribution in [-0.2, 0) is 11.3 Å². The van der Waals surface area contributed by atoms with E-state index in [0.717, 1.165) is 17.0 Å². The van der Waals surface area contributed by atoms with Crippen molar-refractivity contribution < 1.29 is 22.6 Å². The Morgan fingerprint density at radius 3 is 2.49 bits per heavy atom. The molecule has 0 saturated carbocycles. The largest absolute Gasteiger partial charge is 0.573 e. The van der Waals surface area contributed by atoms with Crippen molar-refractivity contribution in [2.45, 2.75) is 39.5 Å². The van der Waals surface area contributed by atoms with Crippen LogP contribution in [0.5, 0.6) is 5.75 Å². The second kappa shape index (κ2) is 9.46. The van der Waals surface area contributed by atoms with Gasteiger partial charge in [-0.3, -0.25) is 4.68 Å². The van der Waals surface area contributed by atoms with Gasteiger partial charge in [0.1, 0.15) is 25.2 Å². The Morgan fingerprint density at radius 1 is 1.11 bits per heavy atom. The topological polar surface area (TPSA) is 64.8 Å². The molecule has 0 spiro atoms. The van der Waals surface area contributed by atoms with Gasteiger partial charge in [0.15, 0.2) is 6.73 Å². The third-order valence-corrected chi connectivity index (χ3v) is 5.70. The number of halogens is 3. The number of benzene rings is 1. The van der Waals surface area contributed by atoms with E-state index in [1.54, 1.807) is 6.20 Å². The molecule has 0 radical (unpaired) electrons. The van der Waals surface area contributed by atoms with Gasteiger partial charge in [-0.2, -0.15) is 5.10 Å². The number of pyridine rings is 1. The Balaban J connectivity index is 1.44. The molecule has 2 aromatic heterocycles. The van der Waals surface area contributed by atoms with Gasteiger partial charge in [-0.25, -0.2) is 9.99 Å². The second-order valence-electron chi connectivity index (χ2n) is 9.00. The highest BCUT2D eigenvalue weighted by Gasteiger charge is 2.31. The molecule has 0 fully saturated rings. The normalized spacial score (nSPS) is 13.7. The number of hydrazone groups is 1. The lowest BCUT2D eigenvalue weighted by molar-refractivity contribution is -0.274. The van der Waals surface area contributed by atoms with Gasteiger partial charge in [0.2, 0.25) is 0 Å². The molecule has 0 aliphatic carbocycles. The summed E-state index contributed by atoms with van der Waals surface area (Å²) in [5.74, 6) is 3.17. The molecule has 3 heterocycles. The summed E-state index contributed by atoms with van der Waals surface area (Å²) in [6.45, 7) is 9.14. The Morgan fingerprint density at radius 2 is 1.86 bits per heavy atom. The van der Waals surface area contributed by atoms with E-state index in [4.69, 9.17) is 4.74 Å². The molecule has 4 rings (SSSR count). The van der Waals surface area contributed by atoms with Crippen LogP contribution in [0.2, 0.25) is 19.6 Å². The highest BCUT2D eigenvalue weighted by atomic mass is 28.3. The van der Waals surface area contributed by atoms with E-state index < -0.39 is 14.4 Å². The van der Waals surface area contributed by atoms with Crippen molar-refractivity contribution in [3.8, 4) is 17.2 Å². The van der Waals surface area contributed by atoms with Gasteiger partial charge in [0.25, 0.3) is 5.90 Å². The summed E-state index contributed by atoms with van der Waals surface area (Å²) < 4.78 is 48.5. The maximum atomic E-state index is 12.4. The molecule has 0 saturated heterocycles. The SMILES string of the molecule is Cc1cc(C2=NN(c3ccc(OC(F)(F)F)cc3)CO2)nn1Cc1ccc(C#C[Si](C)(C)C)nc1. The zero-order valence-electron chi connectivity index (χ0n) is 19.7. The molecule has 0 atom stereocenters. The Labute approximate surface area is 202 Å². The molecular weight excluding hydrogens is 475 g/mol. The third kappa shape index (κ3) is 6.63. The molecule has 182 valence electrons. The number of nitrogens with zero attached hydrogens (tertiary/aromatic N) is 5. The highest BCUT2D eigenvalue weighted by molar-refractivity contribution is 6.83. The van der Waals surface area contributed by atoms with Crippen LogP contribution in [0.4, 0.5) is 18.9 Å². The predicted octanol–water partition coefficient (Wildman–Crippen LogP) is 4.92. The van der Waals surface area contributed by atoms with Gasteiger partial charge < -0.3 is 9.47 Å². The number of hydrogen-bond donors (Lipinski definition) is 0. The molecule has 3 aromatic rings. The highest BCUT2D eigenvalue weighted by Crippen LogP contribution is 2.27. The zero-order chi connectivity index (χ0) is 25.2. The Bertz CT molecular complexity index is 1280. The quantitative estimate of drug-likeness (QED) is 0.368. The molecular formula is C24H24F3N5O2Si. The van der Waals surface area contributed by atoms with Gasteiger partial charge in [-0.1, -0.05) is 31.6 Å². The lowest BCUT2D eigenvalue weighted by Crippen LogP contribution is -2.17. The molecule has 0 unspecified atom stereocenters. The molecule has 1 aromatic carbocycles. The summed E-state index contributed by atoms with van der Waals surface area (Å²) in [7, 11) is -1.46. The maximum absolute atomic E-state index is 12.4. The number of aryl methyl sites for hydroxylation is 1. The first-order valence-corrected chi connectivity index (χ1v) is 14.3. The van der Waals surface area contributed by atoms with Gasteiger partial charge in [0.05, 0.1) is 12.2 Å². The summed E-state index contributed by atoms with van der Waals surface area (Å²) in [5.41, 5.74) is 7.08. The summed E-state index contributed by atoms with van der Waals surface area (Å²) in [5, 5.41) is 10.5. The number of rotatable bonds is 5. The average Bonchev–Trinajstić information content (AvgIpc) is 3.40. The fraction of sp³-hybridized carbons (Fsp3) is 0.292. The van der Waals surface area contributed by atoms with Crippen LogP contribution in [0.1, 0.15) is 22.6 Å². The van der Waals surface area contributed by atoms with E-state index in [0.29, 0.717) is 23.8 Å². The van der Waals surface area contributed by atoms with Crippen LogP contribution in [0.3, 0.4) is 0 Å². The van der Waals surface area contributed by atoms with E-state index >= 15 is 0 Å². The fourth-order valence-electron chi connectivity index (χ4n) is 3.16. The summed E-state index contributed by atoms with van der Waals surface area (Å²) in [6, 6.07) is 11.2. The minimum absolute atomic E-state index is 0.116. The maximum Gasteiger partial charge on any atom is 0.573 e. The predicted molar refractivity (Wildman–Crippen MR) is 129 cm³/mol. The van der Waals surface area contributed by atoms with Crippen molar-refractivity contribution in [3.05, 3.63) is 71.3 Å². The molecule has 11 heteroatoms. The first kappa shape index (κ1) is 24.3. The number of anilines is 1. The molecule has 1 aliphatic rings. The molecule has 0 bridgehead atoms. The van der Waals surface area contributed by atoms with Crippen molar-refractivity contribution >= 4 is 19.7 Å². The summed E-state index contributed by atoms with van der Waals surface area (Å²) in [4.78, 5) is 4.44. The summed E-state index contributed by atoms with van der Waals surface area (Å²) >= 11 is 0. The molecule has 7 nitrogen and oxygen atoms in total. The van der Waals surface area contributed by atoms with Crippen molar-refractivity contribution in [2.24, 2.45) is 5.10 Å². The van der Waals surface area contributed by atoms with E-state index in [1.807, 2.05) is 29.8 Å². The van der Waals surface area contributed by atoms with E-state index in [9.17, 15) is 13.2 Å². The van der Waals surface area contributed by atoms with E-state index in [-0.39, 0.29) is 12.5 Å². The van der Waals surface area contributed by atoms with E-state index in [2.05, 4.69) is 51.0 Å². The lowest BCUT2D eigenvalue weighted by Gasteiger charge is -2.13. The second-order valence-corrected chi connectivity index (χ2v) is 13.8. The average molecular weight is 500 g/mol. The zero-order valence-corrected chi connectivity index (χ0v) is 20.7. The van der Waals surface area contributed by atoms with Crippen LogP contribution >= 0.6 is 0 Å². The smallest absolute Gasteiger partial charge is 0.452 e. The third-order valence-electron chi connectivity index (χ3n) is 4.83. The number of alkyl halides is 3. The number of aromatic nitrogens is 3. The Hall–Kier alpha value is -3.78. The van der Waals surface area contributed by atoms with Crippen molar-refractivity contribution in [1.29, 1.82) is 0 Å². The first-order valence-electron chi connectivity index (χ1n) is 10.8. The standard InChI is InChI=1S/C24H24F3N5O2Si/c1-17-13-22(29-31(17)15-18-5-6-19(28-14-18)11-12-35(2,3)4)23-30-32(16-33-23)20-7-9-21(10-8-20)34-24(25,26)27/h5-10,13-14H,15-16H2,1-4H3. The monoisotopic (exact) mass is 499 g/mol. The van der Waals surface area contributed by atoms with Crippen molar-refractivity contribution in [1.82, 2.24) is 14.8 Å². The first-order chi connectivity index (χ1) is 16.4. The van der Waals surface area contributed by atoms with Gasteiger partial charge in [0, 0.05) is 11.9 Å². The van der Waals surface area contributed by atoms with E-state index in [1.165, 1.54) is 29.3 Å². The van der Waals surface area contributed by atoms with Gasteiger partial charge >= 0.3 is 6.36 Å². The van der Waals surface area contributed by atoms with Crippen LogP contribution in [0.25, 0.3) is 0 Å². The van der Waals surface area contributed by atoms with Crippen LogP contribution < -0.4 is 9.75 Å². The van der Waals surface area contributed by atoms with Gasteiger partial charge in [-0.05, 0) is 48.9 Å². The van der Waals surface area contributed by atoms with Crippen LogP contribution in [-0.4, -0.2) is 41.8 Å². The van der Waals surface area contributed by atoms with Crippen molar-refractivity contribution in [3.63, 3.8) is 0 Å². The number of ether oxygens (including phenoxy) is 2. The molecule has 1 aliphatic heterocycles. The Kier molecular flexibility index (Phi) is 6.58. The lowest BCUT2D eigenvalue weighted by atomic mass is 10.2. The number of hydrogen-bond acceptors (Lipinski definition) is 6.